The summed E-state index contributed by atoms with van der Waals surface area (Å²) >= 11 is 7.52. The summed E-state index contributed by atoms with van der Waals surface area (Å²) in [5.41, 5.74) is 7.76. The Balaban J connectivity index is 1.78. The predicted octanol–water partition coefficient (Wildman–Crippen LogP) is 3.65. The maximum atomic E-state index is 11.8. The number of halogens is 1. The third-order valence-electron chi connectivity index (χ3n) is 4.77. The van der Waals surface area contributed by atoms with Crippen LogP contribution in [-0.2, 0) is 6.42 Å². The van der Waals surface area contributed by atoms with Crippen LogP contribution < -0.4 is 11.1 Å². The number of fused-ring (bicyclic) bond motifs is 1. The zero-order valence-corrected chi connectivity index (χ0v) is 15.7. The first-order chi connectivity index (χ1) is 12.6. The van der Waals surface area contributed by atoms with E-state index < -0.39 is 5.91 Å². The molecule has 0 bridgehead atoms. The van der Waals surface area contributed by atoms with Gasteiger partial charge in [0.15, 0.2) is 5.69 Å². The van der Waals surface area contributed by atoms with E-state index in [9.17, 15) is 4.79 Å². The number of carbonyl (C=O) groups is 1. The maximum absolute atomic E-state index is 11.8. The van der Waals surface area contributed by atoms with E-state index in [4.69, 9.17) is 17.3 Å². The van der Waals surface area contributed by atoms with Gasteiger partial charge in [-0.05, 0) is 62.0 Å². The van der Waals surface area contributed by atoms with Gasteiger partial charge in [-0.1, -0.05) is 23.7 Å². The Morgan fingerprint density at radius 1 is 1.31 bits per heavy atom. The molecular weight excluding hydrogens is 368 g/mol. The van der Waals surface area contributed by atoms with Crippen LogP contribution in [0.3, 0.4) is 0 Å². The topological polar surface area (TPSA) is 80.9 Å². The largest absolute Gasteiger partial charge is 0.364 e. The summed E-state index contributed by atoms with van der Waals surface area (Å²) in [5, 5.41) is 13.6. The second-order valence-electron chi connectivity index (χ2n) is 6.64. The average Bonchev–Trinajstić information content (AvgIpc) is 3.09. The predicted molar refractivity (Wildman–Crippen MR) is 106 cm³/mol. The second-order valence-corrected chi connectivity index (χ2v) is 8.13. The van der Waals surface area contributed by atoms with E-state index in [-0.39, 0.29) is 5.69 Å². The molecule has 0 radical (unpaired) electrons. The quantitative estimate of drug-likeness (QED) is 0.717. The number of hydrogen-bond acceptors (Lipinski definition) is 5. The van der Waals surface area contributed by atoms with Crippen molar-refractivity contribution >= 4 is 38.9 Å². The first-order valence-corrected chi connectivity index (χ1v) is 9.87. The summed E-state index contributed by atoms with van der Waals surface area (Å²) in [6.07, 6.45) is 3.22. The number of aromatic nitrogens is 2. The highest BCUT2D eigenvalue weighted by atomic mass is 35.5. The molecule has 3 N–H and O–H groups in total. The number of amides is 1. The van der Waals surface area contributed by atoms with E-state index >= 15 is 0 Å². The second kappa shape index (κ2) is 7.31. The standard InChI is InChI=1S/C19H19ClN4OS/c20-13-5-3-12(4-6-13)16-9-14-15(8-11-2-1-7-22-10-11)23-24-17(19(21)25)18(14)26-16/h3-6,9,11,22H,1-2,7-8,10H2,(H2,21,25). The third kappa shape index (κ3) is 3.45. The molecule has 1 aliphatic rings. The van der Waals surface area contributed by atoms with Crippen molar-refractivity contribution in [1.29, 1.82) is 0 Å². The van der Waals surface area contributed by atoms with Crippen molar-refractivity contribution in [2.45, 2.75) is 19.3 Å². The van der Waals surface area contributed by atoms with Gasteiger partial charge in [0.2, 0.25) is 0 Å². The van der Waals surface area contributed by atoms with Crippen LogP contribution in [0.2, 0.25) is 5.02 Å². The lowest BCUT2D eigenvalue weighted by Crippen LogP contribution is -2.31. The number of piperidine rings is 1. The molecule has 134 valence electrons. The van der Waals surface area contributed by atoms with E-state index in [1.807, 2.05) is 24.3 Å². The molecule has 1 unspecified atom stereocenters. The lowest BCUT2D eigenvalue weighted by atomic mass is 9.93. The lowest BCUT2D eigenvalue weighted by Gasteiger charge is -2.22. The molecule has 0 saturated carbocycles. The lowest BCUT2D eigenvalue weighted by molar-refractivity contribution is 0.0996. The van der Waals surface area contributed by atoms with Crippen LogP contribution >= 0.6 is 22.9 Å². The van der Waals surface area contributed by atoms with Gasteiger partial charge in [-0.3, -0.25) is 4.79 Å². The minimum Gasteiger partial charge on any atom is -0.364 e. The van der Waals surface area contributed by atoms with Crippen molar-refractivity contribution in [3.05, 3.63) is 46.7 Å². The molecule has 5 nitrogen and oxygen atoms in total. The van der Waals surface area contributed by atoms with Gasteiger partial charge in [0.25, 0.3) is 5.91 Å². The number of thiophene rings is 1. The summed E-state index contributed by atoms with van der Waals surface area (Å²) in [5.74, 6) is -0.00236. The molecule has 1 aromatic carbocycles. The van der Waals surface area contributed by atoms with Crippen LogP contribution in [0.5, 0.6) is 0 Å². The highest BCUT2D eigenvalue weighted by Crippen LogP contribution is 2.37. The SMILES string of the molecule is NC(=O)c1nnc(CC2CCCNC2)c2cc(-c3ccc(Cl)cc3)sc12. The van der Waals surface area contributed by atoms with Crippen LogP contribution in [-0.4, -0.2) is 29.2 Å². The van der Waals surface area contributed by atoms with Gasteiger partial charge < -0.3 is 11.1 Å². The number of nitrogens with one attached hydrogen (secondary N) is 1. The number of benzene rings is 1. The number of primary amides is 1. The van der Waals surface area contributed by atoms with Gasteiger partial charge in [-0.15, -0.1) is 16.4 Å². The molecule has 1 fully saturated rings. The molecule has 4 rings (SSSR count). The summed E-state index contributed by atoms with van der Waals surface area (Å²) < 4.78 is 0.816. The van der Waals surface area contributed by atoms with E-state index in [0.717, 1.165) is 45.7 Å². The van der Waals surface area contributed by atoms with Crippen molar-refractivity contribution in [2.24, 2.45) is 11.7 Å². The molecule has 1 saturated heterocycles. The summed E-state index contributed by atoms with van der Waals surface area (Å²) in [7, 11) is 0. The van der Waals surface area contributed by atoms with E-state index in [2.05, 4.69) is 21.6 Å². The summed E-state index contributed by atoms with van der Waals surface area (Å²) in [4.78, 5) is 12.9. The maximum Gasteiger partial charge on any atom is 0.270 e. The highest BCUT2D eigenvalue weighted by molar-refractivity contribution is 7.22. The normalized spacial score (nSPS) is 17.5. The van der Waals surface area contributed by atoms with Crippen molar-refractivity contribution in [2.75, 3.05) is 13.1 Å². The van der Waals surface area contributed by atoms with Gasteiger partial charge in [0, 0.05) is 15.3 Å². The van der Waals surface area contributed by atoms with Crippen molar-refractivity contribution < 1.29 is 4.79 Å². The molecule has 1 aliphatic heterocycles. The monoisotopic (exact) mass is 386 g/mol. The van der Waals surface area contributed by atoms with E-state index in [0.29, 0.717) is 10.9 Å². The van der Waals surface area contributed by atoms with Gasteiger partial charge in [0.05, 0.1) is 10.4 Å². The van der Waals surface area contributed by atoms with Crippen LogP contribution in [0.4, 0.5) is 0 Å². The van der Waals surface area contributed by atoms with Crippen LogP contribution in [0.15, 0.2) is 30.3 Å². The Bertz CT molecular complexity index is 948. The number of hydrogen-bond donors (Lipinski definition) is 2. The van der Waals surface area contributed by atoms with Crippen LogP contribution in [0, 0.1) is 5.92 Å². The summed E-state index contributed by atoms with van der Waals surface area (Å²) in [6.45, 7) is 2.08. The Kier molecular flexibility index (Phi) is 4.89. The molecule has 7 heteroatoms. The van der Waals surface area contributed by atoms with Crippen LogP contribution in [0.25, 0.3) is 20.5 Å². The van der Waals surface area contributed by atoms with Crippen molar-refractivity contribution in [3.8, 4) is 10.4 Å². The Labute approximate surface area is 160 Å². The number of nitrogens with two attached hydrogens (primary N) is 1. The zero-order valence-electron chi connectivity index (χ0n) is 14.2. The molecule has 1 amide bonds. The third-order valence-corrected chi connectivity index (χ3v) is 6.21. The van der Waals surface area contributed by atoms with Crippen LogP contribution in [0.1, 0.15) is 29.0 Å². The minimum absolute atomic E-state index is 0.246. The van der Waals surface area contributed by atoms with E-state index in [1.165, 1.54) is 24.2 Å². The highest BCUT2D eigenvalue weighted by Gasteiger charge is 2.21. The zero-order chi connectivity index (χ0) is 18.1. The molecule has 2 aromatic heterocycles. The molecule has 26 heavy (non-hydrogen) atoms. The number of nitrogens with zero attached hydrogens (tertiary/aromatic N) is 2. The molecule has 0 aliphatic carbocycles. The number of rotatable bonds is 4. The Morgan fingerprint density at radius 2 is 2.12 bits per heavy atom. The summed E-state index contributed by atoms with van der Waals surface area (Å²) in [6, 6.07) is 9.77. The molecule has 1 atom stereocenters. The smallest absolute Gasteiger partial charge is 0.270 e. The van der Waals surface area contributed by atoms with E-state index in [1.54, 1.807) is 0 Å². The molecule has 0 spiro atoms. The molecule has 3 aromatic rings. The fourth-order valence-electron chi connectivity index (χ4n) is 3.43. The van der Waals surface area contributed by atoms with Crippen molar-refractivity contribution in [1.82, 2.24) is 15.5 Å². The fourth-order valence-corrected chi connectivity index (χ4v) is 4.73. The number of carbonyl (C=O) groups excluding carboxylic acids is 1. The Hall–Kier alpha value is -2.02. The molecular formula is C19H19ClN4OS. The van der Waals surface area contributed by atoms with Crippen molar-refractivity contribution in [3.63, 3.8) is 0 Å². The average molecular weight is 387 g/mol. The minimum atomic E-state index is -0.544. The van der Waals surface area contributed by atoms with Gasteiger partial charge in [-0.25, -0.2) is 0 Å². The first kappa shape index (κ1) is 17.4. The van der Waals surface area contributed by atoms with Gasteiger partial charge >= 0.3 is 0 Å². The van der Waals surface area contributed by atoms with Gasteiger partial charge in [-0.2, -0.15) is 5.10 Å². The first-order valence-electron chi connectivity index (χ1n) is 8.67. The Morgan fingerprint density at radius 3 is 2.81 bits per heavy atom. The fraction of sp³-hybridized carbons (Fsp3) is 0.316. The van der Waals surface area contributed by atoms with Gasteiger partial charge in [0.1, 0.15) is 0 Å². The molecule has 3 heterocycles.